The first-order valence-corrected chi connectivity index (χ1v) is 6.77. The van der Waals surface area contributed by atoms with Gasteiger partial charge in [0.2, 0.25) is 0 Å². The number of nitrogens with one attached hydrogen (secondary N) is 2. The van der Waals surface area contributed by atoms with Gasteiger partial charge in [-0.2, -0.15) is 5.10 Å². The van der Waals surface area contributed by atoms with Gasteiger partial charge in [0.15, 0.2) is 11.5 Å². The Hall–Kier alpha value is -3.03. The van der Waals surface area contributed by atoms with Gasteiger partial charge in [0.25, 0.3) is 5.91 Å². The maximum atomic E-state index is 11.9. The van der Waals surface area contributed by atoms with E-state index in [1.807, 2.05) is 0 Å². The molecule has 1 aromatic carbocycles. The minimum atomic E-state index is -1.11. The first kappa shape index (κ1) is 16.3. The number of carboxylic acids is 1. The molecule has 3 N–H and O–H groups in total. The number of ether oxygens (including phenoxy) is 2. The number of H-pyrrole nitrogens is 1. The molecule has 1 amide bonds. The highest BCUT2D eigenvalue weighted by Crippen LogP contribution is 2.31. The zero-order valence-corrected chi connectivity index (χ0v) is 12.9. The Bertz CT molecular complexity index is 726. The molecular formula is C15H17N3O5. The second-order valence-electron chi connectivity index (χ2n) is 4.77. The first-order valence-electron chi connectivity index (χ1n) is 6.77. The third kappa shape index (κ3) is 3.60. The maximum absolute atomic E-state index is 11.9. The lowest BCUT2D eigenvalue weighted by Gasteiger charge is -2.08. The highest BCUT2D eigenvalue weighted by Gasteiger charge is 2.17. The van der Waals surface area contributed by atoms with Gasteiger partial charge in [0, 0.05) is 5.56 Å². The summed E-state index contributed by atoms with van der Waals surface area (Å²) in [6.45, 7) is 1.38. The van der Waals surface area contributed by atoms with Crippen LogP contribution in [0.4, 0.5) is 0 Å². The number of benzene rings is 1. The monoisotopic (exact) mass is 319 g/mol. The highest BCUT2D eigenvalue weighted by molar-refractivity contribution is 5.95. The molecule has 8 heteroatoms. The van der Waals surface area contributed by atoms with Crippen LogP contribution in [0.1, 0.15) is 17.4 Å². The van der Waals surface area contributed by atoms with Crippen molar-refractivity contribution in [2.24, 2.45) is 0 Å². The molecule has 0 saturated heterocycles. The maximum Gasteiger partial charge on any atom is 0.325 e. The van der Waals surface area contributed by atoms with E-state index in [0.29, 0.717) is 17.2 Å². The second kappa shape index (κ2) is 6.82. The van der Waals surface area contributed by atoms with Crippen molar-refractivity contribution in [3.63, 3.8) is 0 Å². The molecule has 0 bridgehead atoms. The van der Waals surface area contributed by atoms with E-state index in [1.54, 1.807) is 18.2 Å². The lowest BCUT2D eigenvalue weighted by molar-refractivity contribution is -0.138. The number of hydrogen-bond acceptors (Lipinski definition) is 5. The van der Waals surface area contributed by atoms with E-state index in [2.05, 4.69) is 15.5 Å². The predicted molar refractivity (Wildman–Crippen MR) is 81.7 cm³/mol. The summed E-state index contributed by atoms with van der Waals surface area (Å²) in [6, 6.07) is 5.78. The minimum Gasteiger partial charge on any atom is -0.493 e. The van der Waals surface area contributed by atoms with Crippen LogP contribution in [0.5, 0.6) is 11.5 Å². The van der Waals surface area contributed by atoms with Crippen molar-refractivity contribution < 1.29 is 24.2 Å². The number of methoxy groups -OCH3 is 2. The van der Waals surface area contributed by atoms with Crippen molar-refractivity contribution in [3.05, 3.63) is 30.0 Å². The van der Waals surface area contributed by atoms with Crippen LogP contribution in [0.15, 0.2) is 24.3 Å². The number of amides is 1. The van der Waals surface area contributed by atoms with E-state index in [-0.39, 0.29) is 5.69 Å². The van der Waals surface area contributed by atoms with Crippen LogP contribution in [-0.4, -0.2) is 47.4 Å². The Morgan fingerprint density at radius 3 is 2.52 bits per heavy atom. The molecule has 1 atom stereocenters. The molecule has 0 radical (unpaired) electrons. The molecule has 122 valence electrons. The topological polar surface area (TPSA) is 114 Å². The normalized spacial score (nSPS) is 11.6. The summed E-state index contributed by atoms with van der Waals surface area (Å²) < 4.78 is 10.4. The van der Waals surface area contributed by atoms with E-state index in [1.165, 1.54) is 27.2 Å². The molecule has 23 heavy (non-hydrogen) atoms. The summed E-state index contributed by atoms with van der Waals surface area (Å²) in [6.07, 6.45) is 0. The van der Waals surface area contributed by atoms with Crippen LogP contribution in [0.25, 0.3) is 11.3 Å². The molecule has 0 aliphatic carbocycles. The Morgan fingerprint density at radius 2 is 1.91 bits per heavy atom. The van der Waals surface area contributed by atoms with E-state index >= 15 is 0 Å². The summed E-state index contributed by atoms with van der Waals surface area (Å²) in [5, 5.41) is 17.8. The fourth-order valence-corrected chi connectivity index (χ4v) is 1.92. The largest absolute Gasteiger partial charge is 0.493 e. The number of hydrogen-bond donors (Lipinski definition) is 3. The summed E-state index contributed by atoms with van der Waals surface area (Å²) in [5.41, 5.74) is 1.42. The average Bonchev–Trinajstić information content (AvgIpc) is 3.04. The first-order chi connectivity index (χ1) is 11.0. The number of carbonyl (C=O) groups is 2. The van der Waals surface area contributed by atoms with Crippen LogP contribution in [0.2, 0.25) is 0 Å². The molecular weight excluding hydrogens is 302 g/mol. The lowest BCUT2D eigenvalue weighted by atomic mass is 10.1. The number of aliphatic carboxylic acids is 1. The highest BCUT2D eigenvalue weighted by atomic mass is 16.5. The second-order valence-corrected chi connectivity index (χ2v) is 4.77. The number of aromatic nitrogens is 2. The molecule has 0 aliphatic heterocycles. The molecule has 0 saturated carbocycles. The Morgan fingerprint density at radius 1 is 1.22 bits per heavy atom. The fraction of sp³-hybridized carbons (Fsp3) is 0.267. The van der Waals surface area contributed by atoms with Gasteiger partial charge in [-0.05, 0) is 31.2 Å². The molecule has 8 nitrogen and oxygen atoms in total. The van der Waals surface area contributed by atoms with Crippen molar-refractivity contribution in [1.29, 1.82) is 0 Å². The molecule has 0 spiro atoms. The molecule has 0 aliphatic rings. The summed E-state index contributed by atoms with van der Waals surface area (Å²) in [5.74, 6) is -0.532. The van der Waals surface area contributed by atoms with Gasteiger partial charge >= 0.3 is 5.97 Å². The van der Waals surface area contributed by atoms with E-state index in [9.17, 15) is 9.59 Å². The number of carboxylic acid groups (broad SMARTS) is 1. The van der Waals surface area contributed by atoms with Gasteiger partial charge in [0.1, 0.15) is 11.7 Å². The summed E-state index contributed by atoms with van der Waals surface area (Å²) in [7, 11) is 3.07. The lowest BCUT2D eigenvalue weighted by Crippen LogP contribution is -2.38. The van der Waals surface area contributed by atoms with Crippen LogP contribution in [0.3, 0.4) is 0 Å². The number of carbonyl (C=O) groups excluding carboxylic acids is 1. The molecule has 1 aromatic heterocycles. The summed E-state index contributed by atoms with van der Waals surface area (Å²) >= 11 is 0. The van der Waals surface area contributed by atoms with Gasteiger partial charge in [-0.3, -0.25) is 14.7 Å². The van der Waals surface area contributed by atoms with Gasteiger partial charge in [-0.25, -0.2) is 0 Å². The van der Waals surface area contributed by atoms with E-state index in [4.69, 9.17) is 14.6 Å². The quantitative estimate of drug-likeness (QED) is 0.739. The molecule has 2 aromatic rings. The molecule has 2 rings (SSSR count). The molecule has 0 unspecified atom stereocenters. The Labute approximate surface area is 132 Å². The SMILES string of the molecule is COc1ccc(-c2cc(C(=O)N[C@@H](C)C(=O)O)[nH]n2)cc1OC. The Kier molecular flexibility index (Phi) is 4.85. The number of nitrogens with zero attached hydrogens (tertiary/aromatic N) is 1. The van der Waals surface area contributed by atoms with E-state index < -0.39 is 17.9 Å². The molecule has 0 fully saturated rings. The van der Waals surface area contributed by atoms with E-state index in [0.717, 1.165) is 5.56 Å². The number of rotatable bonds is 6. The average molecular weight is 319 g/mol. The Balaban J connectivity index is 2.22. The zero-order chi connectivity index (χ0) is 17.0. The fourth-order valence-electron chi connectivity index (χ4n) is 1.92. The summed E-state index contributed by atoms with van der Waals surface area (Å²) in [4.78, 5) is 22.7. The minimum absolute atomic E-state index is 0.169. The van der Waals surface area contributed by atoms with Crippen molar-refractivity contribution in [3.8, 4) is 22.8 Å². The van der Waals surface area contributed by atoms with Gasteiger partial charge < -0.3 is 19.9 Å². The third-order valence-corrected chi connectivity index (χ3v) is 3.22. The van der Waals surface area contributed by atoms with Gasteiger partial charge in [-0.1, -0.05) is 0 Å². The molecule has 1 heterocycles. The van der Waals surface area contributed by atoms with Crippen molar-refractivity contribution >= 4 is 11.9 Å². The van der Waals surface area contributed by atoms with Gasteiger partial charge in [0.05, 0.1) is 19.9 Å². The zero-order valence-electron chi connectivity index (χ0n) is 12.9. The standard InChI is InChI=1S/C15H17N3O5/c1-8(15(20)21)16-14(19)11-7-10(17-18-11)9-4-5-12(22-2)13(6-9)23-3/h4-8H,1-3H3,(H,16,19)(H,17,18)(H,20,21)/t8-/m0/s1. The smallest absolute Gasteiger partial charge is 0.325 e. The van der Waals surface area contributed by atoms with Crippen molar-refractivity contribution in [2.45, 2.75) is 13.0 Å². The van der Waals surface area contributed by atoms with Crippen LogP contribution < -0.4 is 14.8 Å². The third-order valence-electron chi connectivity index (χ3n) is 3.22. The van der Waals surface area contributed by atoms with Crippen LogP contribution in [0, 0.1) is 0 Å². The van der Waals surface area contributed by atoms with Crippen LogP contribution in [-0.2, 0) is 4.79 Å². The van der Waals surface area contributed by atoms with Crippen molar-refractivity contribution in [1.82, 2.24) is 15.5 Å². The predicted octanol–water partition coefficient (Wildman–Crippen LogP) is 1.30. The van der Waals surface area contributed by atoms with Gasteiger partial charge in [-0.15, -0.1) is 0 Å². The number of aromatic amines is 1. The van der Waals surface area contributed by atoms with Crippen LogP contribution >= 0.6 is 0 Å². The van der Waals surface area contributed by atoms with Crippen molar-refractivity contribution in [2.75, 3.05) is 14.2 Å².